The first kappa shape index (κ1) is 16.7. The average molecular weight is 299 g/mol. The van der Waals surface area contributed by atoms with Gasteiger partial charge in [0.1, 0.15) is 0 Å². The third kappa shape index (κ3) is 3.58. The monoisotopic (exact) mass is 299 g/mol. The summed E-state index contributed by atoms with van der Waals surface area (Å²) in [6.45, 7) is 6.99. The summed E-state index contributed by atoms with van der Waals surface area (Å²) >= 11 is 0. The molecule has 1 aromatic rings. The van der Waals surface area contributed by atoms with Gasteiger partial charge in [-0.05, 0) is 31.0 Å². The fourth-order valence-electron chi connectivity index (χ4n) is 1.91. The molecule has 0 spiro atoms. The number of hydrogen-bond acceptors (Lipinski definition) is 3. The second kappa shape index (κ2) is 6.37. The molecule has 0 aromatic heterocycles. The van der Waals surface area contributed by atoms with Gasteiger partial charge in [0.25, 0.3) is 0 Å². The van der Waals surface area contributed by atoms with E-state index in [2.05, 4.69) is 0 Å². The second-order valence-electron chi connectivity index (χ2n) is 4.96. The van der Waals surface area contributed by atoms with Gasteiger partial charge in [-0.25, -0.2) is 8.42 Å². The van der Waals surface area contributed by atoms with Crippen LogP contribution in [-0.2, 0) is 14.8 Å². The second-order valence-corrected chi connectivity index (χ2v) is 6.87. The molecule has 1 rings (SSSR count). The van der Waals surface area contributed by atoms with Crippen molar-refractivity contribution in [3.63, 3.8) is 0 Å². The van der Waals surface area contributed by atoms with E-state index in [1.807, 2.05) is 13.0 Å². The number of aliphatic carboxylic acids is 1. The first-order chi connectivity index (χ1) is 9.20. The molecule has 1 unspecified atom stereocenters. The Morgan fingerprint density at radius 1 is 1.35 bits per heavy atom. The summed E-state index contributed by atoms with van der Waals surface area (Å²) in [6.07, 6.45) is 0. The predicted octanol–water partition coefficient (Wildman–Crippen LogP) is 2.03. The Morgan fingerprint density at radius 3 is 2.45 bits per heavy atom. The molecule has 0 saturated carbocycles. The van der Waals surface area contributed by atoms with E-state index in [4.69, 9.17) is 5.11 Å². The molecular formula is C14H21NO4S. The Bertz CT molecular complexity index is 595. The molecule has 0 heterocycles. The quantitative estimate of drug-likeness (QED) is 0.872. The maximum absolute atomic E-state index is 12.6. The number of benzene rings is 1. The summed E-state index contributed by atoms with van der Waals surface area (Å²) in [6, 6.07) is 5.24. The van der Waals surface area contributed by atoms with Crippen LogP contribution < -0.4 is 0 Å². The Kier molecular flexibility index (Phi) is 5.30. The molecule has 5 nitrogen and oxygen atoms in total. The van der Waals surface area contributed by atoms with E-state index < -0.39 is 21.9 Å². The van der Waals surface area contributed by atoms with Gasteiger partial charge in [0.15, 0.2) is 0 Å². The molecule has 0 fully saturated rings. The molecule has 20 heavy (non-hydrogen) atoms. The van der Waals surface area contributed by atoms with Crippen LogP contribution in [0.3, 0.4) is 0 Å². The number of carboxylic acids is 1. The summed E-state index contributed by atoms with van der Waals surface area (Å²) in [5, 5.41) is 8.94. The van der Waals surface area contributed by atoms with E-state index in [0.29, 0.717) is 5.56 Å². The molecule has 0 aliphatic carbocycles. The average Bonchev–Trinajstić information content (AvgIpc) is 2.37. The van der Waals surface area contributed by atoms with Crippen molar-refractivity contribution < 1.29 is 18.3 Å². The number of carboxylic acid groups (broad SMARTS) is 1. The molecule has 1 atom stereocenters. The predicted molar refractivity (Wildman–Crippen MR) is 77.1 cm³/mol. The van der Waals surface area contributed by atoms with Crippen LogP contribution in [0.25, 0.3) is 0 Å². The van der Waals surface area contributed by atoms with E-state index in [-0.39, 0.29) is 18.0 Å². The molecule has 112 valence electrons. The van der Waals surface area contributed by atoms with Gasteiger partial charge in [-0.3, -0.25) is 4.79 Å². The Balaban J connectivity index is 3.18. The smallest absolute Gasteiger partial charge is 0.307 e. The number of aryl methyl sites for hydroxylation is 2. The lowest BCUT2D eigenvalue weighted by molar-refractivity contribution is -0.141. The van der Waals surface area contributed by atoms with Gasteiger partial charge in [0.05, 0.1) is 10.8 Å². The van der Waals surface area contributed by atoms with Gasteiger partial charge in [0, 0.05) is 13.1 Å². The first-order valence-corrected chi connectivity index (χ1v) is 7.94. The lowest BCUT2D eigenvalue weighted by Crippen LogP contribution is -2.37. The minimum Gasteiger partial charge on any atom is -0.481 e. The van der Waals surface area contributed by atoms with Crippen molar-refractivity contribution in [3.05, 3.63) is 29.3 Å². The van der Waals surface area contributed by atoms with Gasteiger partial charge in [0.2, 0.25) is 10.0 Å². The summed E-state index contributed by atoms with van der Waals surface area (Å²) in [4.78, 5) is 11.2. The minimum absolute atomic E-state index is 0.0262. The molecule has 1 N–H and O–H groups in total. The highest BCUT2D eigenvalue weighted by Crippen LogP contribution is 2.22. The third-order valence-corrected chi connectivity index (χ3v) is 5.30. The van der Waals surface area contributed by atoms with Crippen LogP contribution in [0.15, 0.2) is 23.1 Å². The number of rotatable bonds is 6. The van der Waals surface area contributed by atoms with E-state index >= 15 is 0 Å². The van der Waals surface area contributed by atoms with Crippen LogP contribution in [-0.4, -0.2) is 36.9 Å². The lowest BCUT2D eigenvalue weighted by atomic mass is 10.2. The normalized spacial score (nSPS) is 13.4. The largest absolute Gasteiger partial charge is 0.481 e. The zero-order chi connectivity index (χ0) is 15.5. The first-order valence-electron chi connectivity index (χ1n) is 6.50. The molecule has 0 saturated heterocycles. The van der Waals surface area contributed by atoms with Gasteiger partial charge >= 0.3 is 5.97 Å². The summed E-state index contributed by atoms with van der Waals surface area (Å²) in [5.74, 6) is -1.74. The van der Waals surface area contributed by atoms with Crippen molar-refractivity contribution in [3.8, 4) is 0 Å². The Hall–Kier alpha value is -1.40. The number of hydrogen-bond donors (Lipinski definition) is 1. The van der Waals surface area contributed by atoms with Crippen LogP contribution >= 0.6 is 0 Å². The van der Waals surface area contributed by atoms with E-state index in [1.54, 1.807) is 26.0 Å². The van der Waals surface area contributed by atoms with Crippen LogP contribution in [0.1, 0.15) is 25.0 Å². The van der Waals surface area contributed by atoms with Crippen LogP contribution in [0, 0.1) is 19.8 Å². The summed E-state index contributed by atoms with van der Waals surface area (Å²) < 4.78 is 26.5. The fraction of sp³-hybridized carbons (Fsp3) is 0.500. The standard InChI is InChI=1S/C14H21NO4S/c1-5-15(9-12(4)14(16)17)20(18,19)13-8-10(2)6-7-11(13)3/h6-8,12H,5,9H2,1-4H3,(H,16,17). The van der Waals surface area contributed by atoms with Crippen LogP contribution in [0.5, 0.6) is 0 Å². The maximum atomic E-state index is 12.6. The zero-order valence-corrected chi connectivity index (χ0v) is 13.1. The number of sulfonamides is 1. The molecule has 0 radical (unpaired) electrons. The van der Waals surface area contributed by atoms with Crippen molar-refractivity contribution in [1.82, 2.24) is 4.31 Å². The lowest BCUT2D eigenvalue weighted by Gasteiger charge is -2.23. The van der Waals surface area contributed by atoms with Crippen molar-refractivity contribution in [2.24, 2.45) is 5.92 Å². The summed E-state index contributed by atoms with van der Waals surface area (Å²) in [7, 11) is -3.66. The minimum atomic E-state index is -3.66. The third-order valence-electron chi connectivity index (χ3n) is 3.21. The van der Waals surface area contributed by atoms with E-state index in [0.717, 1.165) is 5.56 Å². The van der Waals surface area contributed by atoms with Gasteiger partial charge in [-0.2, -0.15) is 4.31 Å². The Labute approximate surface area is 120 Å². The van der Waals surface area contributed by atoms with Crippen molar-refractivity contribution in [1.29, 1.82) is 0 Å². The van der Waals surface area contributed by atoms with Gasteiger partial charge in [-0.1, -0.05) is 26.0 Å². The molecule has 0 amide bonds. The topological polar surface area (TPSA) is 74.7 Å². The SMILES string of the molecule is CCN(CC(C)C(=O)O)S(=O)(=O)c1cc(C)ccc1C. The molecule has 1 aromatic carbocycles. The number of carbonyl (C=O) groups is 1. The molecular weight excluding hydrogens is 278 g/mol. The van der Waals surface area contributed by atoms with Crippen molar-refractivity contribution >= 4 is 16.0 Å². The van der Waals surface area contributed by atoms with E-state index in [9.17, 15) is 13.2 Å². The number of nitrogens with zero attached hydrogens (tertiary/aromatic N) is 1. The highest BCUT2D eigenvalue weighted by Gasteiger charge is 2.28. The van der Waals surface area contributed by atoms with Crippen molar-refractivity contribution in [2.75, 3.05) is 13.1 Å². The van der Waals surface area contributed by atoms with Crippen LogP contribution in [0.4, 0.5) is 0 Å². The van der Waals surface area contributed by atoms with Crippen molar-refractivity contribution in [2.45, 2.75) is 32.6 Å². The van der Waals surface area contributed by atoms with Gasteiger partial charge < -0.3 is 5.11 Å². The van der Waals surface area contributed by atoms with E-state index in [1.165, 1.54) is 11.2 Å². The fourth-order valence-corrected chi connectivity index (χ4v) is 3.75. The molecule has 0 aliphatic rings. The molecule has 0 aliphatic heterocycles. The van der Waals surface area contributed by atoms with Gasteiger partial charge in [-0.15, -0.1) is 0 Å². The highest BCUT2D eigenvalue weighted by atomic mass is 32.2. The molecule has 6 heteroatoms. The maximum Gasteiger partial charge on any atom is 0.307 e. The zero-order valence-electron chi connectivity index (χ0n) is 12.3. The molecule has 0 bridgehead atoms. The van der Waals surface area contributed by atoms with Crippen LogP contribution in [0.2, 0.25) is 0 Å². The highest BCUT2D eigenvalue weighted by molar-refractivity contribution is 7.89. The Morgan fingerprint density at radius 2 is 1.95 bits per heavy atom. The summed E-state index contributed by atoms with van der Waals surface area (Å²) in [5.41, 5.74) is 1.52.